The summed E-state index contributed by atoms with van der Waals surface area (Å²) in [6, 6.07) is 7.26. The topological polar surface area (TPSA) is 201 Å². The van der Waals surface area contributed by atoms with E-state index in [-0.39, 0.29) is 55.0 Å². The van der Waals surface area contributed by atoms with Gasteiger partial charge in [-0.2, -0.15) is 0 Å². The van der Waals surface area contributed by atoms with Crippen LogP contribution in [0.5, 0.6) is 5.88 Å². The molecule has 0 saturated carbocycles. The van der Waals surface area contributed by atoms with Crippen LogP contribution in [0.4, 0.5) is 22.5 Å². The predicted molar refractivity (Wildman–Crippen MR) is 182 cm³/mol. The third-order valence-corrected chi connectivity index (χ3v) is 8.74. The van der Waals surface area contributed by atoms with Crippen LogP contribution in [0.1, 0.15) is 39.6 Å². The summed E-state index contributed by atoms with van der Waals surface area (Å²) >= 11 is 7.45. The smallest absolute Gasteiger partial charge is 0.397 e. The molecule has 50 heavy (non-hydrogen) atoms. The lowest BCUT2D eigenvalue weighted by Gasteiger charge is -2.35. The van der Waals surface area contributed by atoms with Crippen LogP contribution in [0.25, 0.3) is 0 Å². The SMILES string of the molecule is Cc1nc(Nc2ncc(C(=O)Nc3c(C)cccc3Cl)s2)cc(N2CCN(CCOC(=O)CCC(=O)OCCOc3no[n+]([O-])c3C)CC2)n1. The average molecular weight is 730 g/mol. The standard InChI is InChI=1S/C31H36ClN9O8S/c1-19-5-4-6-22(32)28(19)37-29(44)23-18-33-31(50-23)36-24-17-25(35-21(3)34-24)40-11-9-39(10-12-40)13-14-46-26(42)7-8-27(43)47-15-16-48-30-20(2)41(45)49-38-30/h4-6,17-18H,7-16H2,1-3H3,(H,37,44)(H,33,34,35,36). The van der Waals surface area contributed by atoms with E-state index < -0.39 is 11.9 Å². The molecule has 266 valence electrons. The molecule has 1 saturated heterocycles. The van der Waals surface area contributed by atoms with E-state index in [0.29, 0.717) is 52.0 Å². The molecule has 19 heteroatoms. The van der Waals surface area contributed by atoms with Crippen LogP contribution in [0, 0.1) is 26.0 Å². The van der Waals surface area contributed by atoms with Crippen molar-refractivity contribution in [2.75, 3.05) is 68.1 Å². The number of para-hydroxylation sites is 1. The molecule has 0 spiro atoms. The second kappa shape index (κ2) is 17.0. The van der Waals surface area contributed by atoms with Crippen molar-refractivity contribution in [1.82, 2.24) is 25.0 Å². The summed E-state index contributed by atoms with van der Waals surface area (Å²) in [6.45, 7) is 8.69. The number of esters is 2. The number of nitrogens with one attached hydrogen (secondary N) is 2. The number of amides is 1. The number of ether oxygens (including phenoxy) is 3. The second-order valence-electron chi connectivity index (χ2n) is 11.1. The first kappa shape index (κ1) is 36.2. The van der Waals surface area contributed by atoms with E-state index in [1.807, 2.05) is 32.0 Å². The van der Waals surface area contributed by atoms with Crippen molar-refractivity contribution in [3.63, 3.8) is 0 Å². The van der Waals surface area contributed by atoms with Gasteiger partial charge in [0.2, 0.25) is 5.69 Å². The van der Waals surface area contributed by atoms with Crippen LogP contribution in [-0.4, -0.2) is 95.4 Å². The Kier molecular flexibility index (Phi) is 12.3. The highest BCUT2D eigenvalue weighted by molar-refractivity contribution is 7.17. The number of piperazine rings is 1. The van der Waals surface area contributed by atoms with Gasteiger partial charge in [0.05, 0.1) is 34.9 Å². The molecule has 0 atom stereocenters. The van der Waals surface area contributed by atoms with Crippen LogP contribution < -0.4 is 25.2 Å². The molecule has 4 heterocycles. The Bertz CT molecular complexity index is 1790. The van der Waals surface area contributed by atoms with Crippen molar-refractivity contribution >= 4 is 63.2 Å². The Labute approximate surface area is 296 Å². The Hall–Kier alpha value is -5.07. The van der Waals surface area contributed by atoms with Gasteiger partial charge < -0.3 is 35.0 Å². The second-order valence-corrected chi connectivity index (χ2v) is 12.6. The number of rotatable bonds is 15. The van der Waals surface area contributed by atoms with E-state index in [9.17, 15) is 19.6 Å². The van der Waals surface area contributed by atoms with Gasteiger partial charge in [0.1, 0.15) is 42.2 Å². The van der Waals surface area contributed by atoms with Gasteiger partial charge in [0.25, 0.3) is 5.91 Å². The number of carbonyl (C=O) groups excluding carboxylic acids is 3. The molecule has 4 aromatic rings. The van der Waals surface area contributed by atoms with Gasteiger partial charge in [-0.3, -0.25) is 23.9 Å². The molecule has 17 nitrogen and oxygen atoms in total. The number of hydrogen-bond donors (Lipinski definition) is 2. The molecule has 1 fully saturated rings. The normalized spacial score (nSPS) is 13.2. The lowest BCUT2D eigenvalue weighted by molar-refractivity contribution is -0.806. The first-order chi connectivity index (χ1) is 24.0. The quantitative estimate of drug-likeness (QED) is 0.103. The Morgan fingerprint density at radius 3 is 2.48 bits per heavy atom. The zero-order valence-corrected chi connectivity index (χ0v) is 29.2. The maximum absolute atomic E-state index is 12.8. The minimum Gasteiger partial charge on any atom is -0.464 e. The minimum absolute atomic E-state index is 0.0176. The fourth-order valence-corrected chi connectivity index (χ4v) is 5.82. The van der Waals surface area contributed by atoms with Crippen LogP contribution in [0.3, 0.4) is 0 Å². The fraction of sp³-hybridized carbons (Fsp3) is 0.419. The molecule has 1 aromatic carbocycles. The highest BCUT2D eigenvalue weighted by atomic mass is 35.5. The van der Waals surface area contributed by atoms with Crippen LogP contribution in [0.15, 0.2) is 35.1 Å². The summed E-state index contributed by atoms with van der Waals surface area (Å²) in [5.74, 6) is 0.552. The van der Waals surface area contributed by atoms with E-state index in [4.69, 9.17) is 25.8 Å². The van der Waals surface area contributed by atoms with Crippen molar-refractivity contribution in [2.24, 2.45) is 0 Å². The molecule has 0 unspecified atom stereocenters. The molecule has 0 bridgehead atoms. The number of carbonyl (C=O) groups is 3. The summed E-state index contributed by atoms with van der Waals surface area (Å²) in [7, 11) is 0. The predicted octanol–water partition coefficient (Wildman–Crippen LogP) is 3.20. The summed E-state index contributed by atoms with van der Waals surface area (Å²) in [5.41, 5.74) is 1.58. The van der Waals surface area contributed by atoms with E-state index in [0.717, 1.165) is 24.5 Å². The van der Waals surface area contributed by atoms with Crippen molar-refractivity contribution in [2.45, 2.75) is 33.6 Å². The molecule has 3 aromatic heterocycles. The molecular formula is C31H36ClN9O8S. The average Bonchev–Trinajstić information content (AvgIpc) is 3.69. The van der Waals surface area contributed by atoms with Crippen molar-refractivity contribution < 1.29 is 38.1 Å². The number of anilines is 4. The molecule has 1 aliphatic heterocycles. The molecule has 5 rings (SSSR count). The number of benzene rings is 1. The molecule has 1 aliphatic rings. The largest absolute Gasteiger partial charge is 0.464 e. The van der Waals surface area contributed by atoms with Crippen molar-refractivity contribution in [1.29, 1.82) is 0 Å². The Morgan fingerprint density at radius 1 is 1.04 bits per heavy atom. The van der Waals surface area contributed by atoms with Crippen molar-refractivity contribution in [3.8, 4) is 5.88 Å². The maximum atomic E-state index is 12.8. The lowest BCUT2D eigenvalue weighted by Crippen LogP contribution is -2.47. The summed E-state index contributed by atoms with van der Waals surface area (Å²) in [6.07, 6.45) is 1.27. The Morgan fingerprint density at radius 2 is 1.78 bits per heavy atom. The monoisotopic (exact) mass is 729 g/mol. The maximum Gasteiger partial charge on any atom is 0.397 e. The van der Waals surface area contributed by atoms with Gasteiger partial charge in [0, 0.05) is 45.7 Å². The van der Waals surface area contributed by atoms with Crippen LogP contribution >= 0.6 is 22.9 Å². The highest BCUT2D eigenvalue weighted by Gasteiger charge is 2.21. The van der Waals surface area contributed by atoms with Gasteiger partial charge in [-0.05, 0) is 30.4 Å². The van der Waals surface area contributed by atoms with Gasteiger partial charge >= 0.3 is 17.8 Å². The molecular weight excluding hydrogens is 694 g/mol. The minimum atomic E-state index is -0.570. The summed E-state index contributed by atoms with van der Waals surface area (Å²) in [5, 5.41) is 21.6. The molecule has 0 radical (unpaired) electrons. The number of nitrogens with zero attached hydrogens (tertiary/aromatic N) is 7. The van der Waals surface area contributed by atoms with E-state index >= 15 is 0 Å². The molecule has 0 aliphatic carbocycles. The molecule has 2 N–H and O–H groups in total. The van der Waals surface area contributed by atoms with E-state index in [2.05, 4.69) is 45.2 Å². The lowest BCUT2D eigenvalue weighted by atomic mass is 10.2. The van der Waals surface area contributed by atoms with E-state index in [1.54, 1.807) is 6.07 Å². The Balaban J connectivity index is 0.994. The molecule has 1 amide bonds. The third kappa shape index (κ3) is 9.99. The number of aryl methyl sites for hydroxylation is 2. The number of hydrogen-bond acceptors (Lipinski definition) is 16. The first-order valence-electron chi connectivity index (χ1n) is 15.7. The van der Waals surface area contributed by atoms with Gasteiger partial charge in [-0.1, -0.05) is 35.1 Å². The van der Waals surface area contributed by atoms with Gasteiger partial charge in [-0.15, -0.1) is 0 Å². The van der Waals surface area contributed by atoms with Crippen molar-refractivity contribution in [3.05, 3.63) is 62.7 Å². The van der Waals surface area contributed by atoms with E-state index in [1.165, 1.54) is 24.5 Å². The van der Waals surface area contributed by atoms with Crippen LogP contribution in [-0.2, 0) is 19.1 Å². The summed E-state index contributed by atoms with van der Waals surface area (Å²) < 4.78 is 19.9. The van der Waals surface area contributed by atoms with Gasteiger partial charge in [0.15, 0.2) is 5.13 Å². The first-order valence-corrected chi connectivity index (χ1v) is 16.9. The fourth-order valence-electron chi connectivity index (χ4n) is 4.83. The zero-order valence-electron chi connectivity index (χ0n) is 27.6. The van der Waals surface area contributed by atoms with Crippen LogP contribution in [0.2, 0.25) is 5.02 Å². The summed E-state index contributed by atoms with van der Waals surface area (Å²) in [4.78, 5) is 55.3. The van der Waals surface area contributed by atoms with Gasteiger partial charge in [-0.25, -0.2) is 15.0 Å². The number of thiazole rings is 1. The zero-order chi connectivity index (χ0) is 35.6. The third-order valence-electron chi connectivity index (χ3n) is 7.52. The number of aromatic nitrogens is 5. The highest BCUT2D eigenvalue weighted by Crippen LogP contribution is 2.28. The number of halogens is 1.